The molecule has 0 atom stereocenters. The summed E-state index contributed by atoms with van der Waals surface area (Å²) in [6.45, 7) is 4.31. The van der Waals surface area contributed by atoms with Crippen LogP contribution >= 0.6 is 0 Å². The Morgan fingerprint density at radius 1 is 1.27 bits per heavy atom. The molecule has 0 radical (unpaired) electrons. The second kappa shape index (κ2) is 2.48. The first-order valence-electron chi connectivity index (χ1n) is 4.88. The summed E-state index contributed by atoms with van der Waals surface area (Å²) in [5, 5.41) is 0. The Labute approximate surface area is 69.1 Å². The van der Waals surface area contributed by atoms with Crippen molar-refractivity contribution in [2.75, 3.05) is 0 Å². The van der Waals surface area contributed by atoms with Crippen LogP contribution in [0.3, 0.4) is 0 Å². The molecule has 0 saturated heterocycles. The predicted octanol–water partition coefficient (Wildman–Crippen LogP) is 2.74. The topological polar surface area (TPSA) is 9.23 Å². The van der Waals surface area contributed by atoms with Gasteiger partial charge >= 0.3 is 0 Å². The van der Waals surface area contributed by atoms with Gasteiger partial charge in [-0.15, -0.1) is 0 Å². The van der Waals surface area contributed by atoms with Gasteiger partial charge in [0.05, 0.1) is 11.7 Å². The van der Waals surface area contributed by atoms with E-state index in [0.717, 1.165) is 5.92 Å². The van der Waals surface area contributed by atoms with Gasteiger partial charge in [-0.2, -0.15) is 0 Å². The fourth-order valence-corrected chi connectivity index (χ4v) is 2.80. The Hall–Kier alpha value is -0.0400. The molecule has 0 N–H and O–H groups in total. The smallest absolute Gasteiger partial charge is 0.0688 e. The van der Waals surface area contributed by atoms with E-state index in [9.17, 15) is 0 Å². The molecule has 64 valence electrons. The van der Waals surface area contributed by atoms with Gasteiger partial charge in [0, 0.05) is 0 Å². The quantitative estimate of drug-likeness (QED) is 0.594. The molecule has 1 heteroatoms. The van der Waals surface area contributed by atoms with Gasteiger partial charge in [-0.25, -0.2) is 0 Å². The van der Waals surface area contributed by atoms with E-state index >= 15 is 0 Å². The maximum atomic E-state index is 5.99. The Kier molecular flexibility index (Phi) is 1.71. The normalized spacial score (nSPS) is 42.3. The number of rotatable bonds is 2. The maximum absolute atomic E-state index is 5.99. The highest BCUT2D eigenvalue weighted by molar-refractivity contribution is 4.97. The van der Waals surface area contributed by atoms with Crippen LogP contribution in [-0.2, 0) is 4.74 Å². The number of ether oxygens (including phenoxy) is 1. The molecular weight excluding hydrogens is 136 g/mol. The zero-order chi connectivity index (χ0) is 7.90. The lowest BCUT2D eigenvalue weighted by Gasteiger charge is -2.29. The van der Waals surface area contributed by atoms with Crippen LogP contribution in [0.15, 0.2) is 0 Å². The second-order valence-corrected chi connectivity index (χ2v) is 4.50. The molecule has 0 heterocycles. The first-order chi connectivity index (χ1) is 5.20. The summed E-state index contributed by atoms with van der Waals surface area (Å²) in [6, 6.07) is 0. The second-order valence-electron chi connectivity index (χ2n) is 4.50. The molecule has 0 aromatic rings. The number of hydrogen-bond acceptors (Lipinski definition) is 1. The third kappa shape index (κ3) is 1.31. The molecular formula is C10H18O. The molecule has 2 aliphatic carbocycles. The molecule has 0 unspecified atom stereocenters. The minimum absolute atomic E-state index is 0.332. The molecule has 0 spiro atoms. The molecule has 11 heavy (non-hydrogen) atoms. The maximum Gasteiger partial charge on any atom is 0.0688 e. The lowest BCUT2D eigenvalue weighted by atomic mass is 9.97. The monoisotopic (exact) mass is 154 g/mol. The van der Waals surface area contributed by atoms with Crippen molar-refractivity contribution in [3.63, 3.8) is 0 Å². The lowest BCUT2D eigenvalue weighted by molar-refractivity contribution is -0.0724. The zero-order valence-electron chi connectivity index (χ0n) is 7.60. The highest BCUT2D eigenvalue weighted by atomic mass is 16.5. The third-order valence-corrected chi connectivity index (χ3v) is 3.16. The van der Waals surface area contributed by atoms with Crippen LogP contribution < -0.4 is 0 Å². The van der Waals surface area contributed by atoms with Gasteiger partial charge in [-0.1, -0.05) is 0 Å². The average molecular weight is 154 g/mol. The van der Waals surface area contributed by atoms with Crippen molar-refractivity contribution in [2.24, 2.45) is 5.92 Å². The Morgan fingerprint density at radius 2 is 1.91 bits per heavy atom. The summed E-state index contributed by atoms with van der Waals surface area (Å²) in [6.07, 6.45) is 7.28. The summed E-state index contributed by atoms with van der Waals surface area (Å²) in [4.78, 5) is 0. The van der Waals surface area contributed by atoms with Crippen LogP contribution in [0, 0.1) is 5.92 Å². The first-order valence-corrected chi connectivity index (χ1v) is 4.88. The Morgan fingerprint density at radius 3 is 2.27 bits per heavy atom. The SMILES string of the molecule is CC(C)OC12CCC(CC1)C2. The predicted molar refractivity (Wildman–Crippen MR) is 45.5 cm³/mol. The van der Waals surface area contributed by atoms with Gasteiger partial charge in [0.2, 0.25) is 0 Å². The van der Waals surface area contributed by atoms with Crippen molar-refractivity contribution in [3.05, 3.63) is 0 Å². The molecule has 0 aliphatic heterocycles. The van der Waals surface area contributed by atoms with Gasteiger partial charge in [0.25, 0.3) is 0 Å². The van der Waals surface area contributed by atoms with Crippen molar-refractivity contribution in [2.45, 2.75) is 57.7 Å². The van der Waals surface area contributed by atoms with Crippen molar-refractivity contribution in [1.82, 2.24) is 0 Å². The standard InChI is InChI=1S/C10H18O/c1-8(2)11-10-5-3-9(7-10)4-6-10/h8-9H,3-7H2,1-2H3. The van der Waals surface area contributed by atoms with E-state index in [1.807, 2.05) is 0 Å². The average Bonchev–Trinajstić information content (AvgIpc) is 2.43. The first kappa shape index (κ1) is 7.60. The van der Waals surface area contributed by atoms with E-state index in [1.54, 1.807) is 0 Å². The summed E-state index contributed by atoms with van der Waals surface area (Å²) in [7, 11) is 0. The van der Waals surface area contributed by atoms with Crippen LogP contribution in [0.1, 0.15) is 46.0 Å². The van der Waals surface area contributed by atoms with E-state index in [1.165, 1.54) is 32.1 Å². The van der Waals surface area contributed by atoms with Gasteiger partial charge in [0.15, 0.2) is 0 Å². The Bertz CT molecular complexity index is 143. The van der Waals surface area contributed by atoms with Crippen molar-refractivity contribution in [3.8, 4) is 0 Å². The molecule has 2 fully saturated rings. The molecule has 2 aliphatic rings. The minimum atomic E-state index is 0.332. The summed E-state index contributed by atoms with van der Waals surface area (Å²) in [5.74, 6) is 1.01. The van der Waals surface area contributed by atoms with E-state index in [2.05, 4.69) is 13.8 Å². The highest BCUT2D eigenvalue weighted by Gasteiger charge is 2.45. The number of fused-ring (bicyclic) bond motifs is 2. The molecule has 2 bridgehead atoms. The van der Waals surface area contributed by atoms with E-state index < -0.39 is 0 Å². The summed E-state index contributed by atoms with van der Waals surface area (Å²) < 4.78 is 5.99. The van der Waals surface area contributed by atoms with Crippen molar-refractivity contribution < 1.29 is 4.74 Å². The highest BCUT2D eigenvalue weighted by Crippen LogP contribution is 2.50. The van der Waals surface area contributed by atoms with Crippen molar-refractivity contribution in [1.29, 1.82) is 0 Å². The molecule has 1 nitrogen and oxygen atoms in total. The lowest BCUT2D eigenvalue weighted by Crippen LogP contribution is -2.29. The summed E-state index contributed by atoms with van der Waals surface area (Å²) in [5.41, 5.74) is 0.332. The Balaban J connectivity index is 1.99. The van der Waals surface area contributed by atoms with Crippen LogP contribution in [0.2, 0.25) is 0 Å². The van der Waals surface area contributed by atoms with Gasteiger partial charge < -0.3 is 4.74 Å². The van der Waals surface area contributed by atoms with Crippen LogP contribution in [-0.4, -0.2) is 11.7 Å². The molecule has 0 amide bonds. The largest absolute Gasteiger partial charge is 0.372 e. The van der Waals surface area contributed by atoms with Crippen LogP contribution in [0.5, 0.6) is 0 Å². The molecule has 2 saturated carbocycles. The fourth-order valence-electron chi connectivity index (χ4n) is 2.80. The molecule has 0 aromatic heterocycles. The van der Waals surface area contributed by atoms with Gasteiger partial charge in [0.1, 0.15) is 0 Å². The van der Waals surface area contributed by atoms with E-state index in [0.29, 0.717) is 11.7 Å². The summed E-state index contributed by atoms with van der Waals surface area (Å²) >= 11 is 0. The van der Waals surface area contributed by atoms with E-state index in [4.69, 9.17) is 4.74 Å². The van der Waals surface area contributed by atoms with Crippen molar-refractivity contribution >= 4 is 0 Å². The molecule has 0 aromatic carbocycles. The third-order valence-electron chi connectivity index (χ3n) is 3.16. The fraction of sp³-hybridized carbons (Fsp3) is 1.00. The van der Waals surface area contributed by atoms with Crippen LogP contribution in [0.4, 0.5) is 0 Å². The minimum Gasteiger partial charge on any atom is -0.372 e. The van der Waals surface area contributed by atoms with Crippen LogP contribution in [0.25, 0.3) is 0 Å². The zero-order valence-corrected chi connectivity index (χ0v) is 7.60. The van der Waals surface area contributed by atoms with Gasteiger partial charge in [-0.3, -0.25) is 0 Å². The molecule has 2 rings (SSSR count). The van der Waals surface area contributed by atoms with E-state index in [-0.39, 0.29) is 0 Å². The number of hydrogen-bond donors (Lipinski definition) is 0. The van der Waals surface area contributed by atoms with Gasteiger partial charge in [-0.05, 0) is 51.9 Å².